The predicted octanol–water partition coefficient (Wildman–Crippen LogP) is 4.80. The topological polar surface area (TPSA) is 68.9 Å². The van der Waals surface area contributed by atoms with E-state index < -0.39 is 11.9 Å². The number of ether oxygens (including phenoxy) is 2. The Kier molecular flexibility index (Phi) is 7.15. The number of rotatable bonds is 4. The van der Waals surface area contributed by atoms with Crippen LogP contribution in [0.25, 0.3) is 21.8 Å². The molecule has 2 aromatic heterocycles. The maximum Gasteiger partial charge on any atom is 0.423 e. The molecule has 2 aliphatic rings. The van der Waals surface area contributed by atoms with Gasteiger partial charge < -0.3 is 28.4 Å². The molecule has 0 aliphatic carbocycles. The van der Waals surface area contributed by atoms with Gasteiger partial charge in [-0.05, 0) is 125 Å². The highest BCUT2D eigenvalue weighted by Gasteiger charge is 2.25. The SMILES string of the molecule is CN1CCC(c2cn(C)c3ccc(OC(=O)C(=O)Oc4ccc5c(c4)c(C4CCN(C)CC4)cn5C)cc23)CC1. The van der Waals surface area contributed by atoms with Crippen molar-refractivity contribution in [1.82, 2.24) is 18.9 Å². The van der Waals surface area contributed by atoms with Gasteiger partial charge in [0.2, 0.25) is 0 Å². The van der Waals surface area contributed by atoms with Crippen LogP contribution in [0.5, 0.6) is 11.5 Å². The molecule has 8 heteroatoms. The lowest BCUT2D eigenvalue weighted by molar-refractivity contribution is -0.156. The number of likely N-dealkylation sites (tertiary alicyclic amines) is 2. The summed E-state index contributed by atoms with van der Waals surface area (Å²) in [6, 6.07) is 11.1. The molecule has 0 N–H and O–H groups in total. The minimum atomic E-state index is -1.03. The summed E-state index contributed by atoms with van der Waals surface area (Å²) < 4.78 is 15.2. The fourth-order valence-corrected chi connectivity index (χ4v) is 6.52. The number of carbonyl (C=O) groups is 2. The summed E-state index contributed by atoms with van der Waals surface area (Å²) in [7, 11) is 8.38. The average molecular weight is 543 g/mol. The second kappa shape index (κ2) is 10.7. The molecule has 0 amide bonds. The van der Waals surface area contributed by atoms with Gasteiger partial charge in [0.1, 0.15) is 11.5 Å². The van der Waals surface area contributed by atoms with E-state index in [1.54, 1.807) is 12.1 Å². The van der Waals surface area contributed by atoms with Gasteiger partial charge in [-0.25, -0.2) is 9.59 Å². The molecule has 2 fully saturated rings. The molecule has 40 heavy (non-hydrogen) atoms. The molecule has 2 aliphatic heterocycles. The highest BCUT2D eigenvalue weighted by atomic mass is 16.6. The first-order valence-corrected chi connectivity index (χ1v) is 14.3. The van der Waals surface area contributed by atoms with E-state index in [4.69, 9.17) is 9.47 Å². The average Bonchev–Trinajstić information content (AvgIpc) is 3.45. The zero-order valence-electron chi connectivity index (χ0n) is 23.9. The lowest BCUT2D eigenvalue weighted by atomic mass is 9.89. The van der Waals surface area contributed by atoms with E-state index in [1.165, 1.54) is 11.1 Å². The van der Waals surface area contributed by atoms with Gasteiger partial charge in [0.05, 0.1) is 0 Å². The van der Waals surface area contributed by atoms with Crippen molar-refractivity contribution in [2.75, 3.05) is 40.3 Å². The Morgan fingerprint density at radius 1 is 0.625 bits per heavy atom. The van der Waals surface area contributed by atoms with E-state index in [-0.39, 0.29) is 0 Å². The highest BCUT2D eigenvalue weighted by Crippen LogP contribution is 2.37. The summed E-state index contributed by atoms with van der Waals surface area (Å²) in [5.74, 6) is -0.443. The van der Waals surface area contributed by atoms with Crippen molar-refractivity contribution in [3.8, 4) is 11.5 Å². The summed E-state index contributed by atoms with van der Waals surface area (Å²) in [5, 5.41) is 2.12. The van der Waals surface area contributed by atoms with E-state index >= 15 is 0 Å². The van der Waals surface area contributed by atoms with Gasteiger partial charge in [0.25, 0.3) is 0 Å². The predicted molar refractivity (Wildman–Crippen MR) is 156 cm³/mol. The first kappa shape index (κ1) is 26.6. The van der Waals surface area contributed by atoms with Crippen LogP contribution in [0.2, 0.25) is 0 Å². The fourth-order valence-electron chi connectivity index (χ4n) is 6.52. The second-order valence-corrected chi connectivity index (χ2v) is 11.7. The normalized spacial score (nSPS) is 18.0. The van der Waals surface area contributed by atoms with Crippen molar-refractivity contribution in [1.29, 1.82) is 0 Å². The van der Waals surface area contributed by atoms with Gasteiger partial charge in [-0.15, -0.1) is 0 Å². The molecule has 4 heterocycles. The third kappa shape index (κ3) is 5.13. The van der Waals surface area contributed by atoms with Crippen LogP contribution in [-0.4, -0.2) is 71.1 Å². The van der Waals surface area contributed by atoms with Gasteiger partial charge in [-0.1, -0.05) is 0 Å². The van der Waals surface area contributed by atoms with Crippen molar-refractivity contribution in [2.45, 2.75) is 37.5 Å². The third-order valence-electron chi connectivity index (χ3n) is 8.89. The summed E-state index contributed by atoms with van der Waals surface area (Å²) in [5.41, 5.74) is 4.69. The molecule has 210 valence electrons. The minimum absolute atomic E-state index is 0.345. The van der Waals surface area contributed by atoms with Crippen LogP contribution in [0.3, 0.4) is 0 Å². The first-order chi connectivity index (χ1) is 19.3. The van der Waals surface area contributed by atoms with Crippen molar-refractivity contribution in [2.24, 2.45) is 14.1 Å². The molecule has 0 atom stereocenters. The number of benzene rings is 2. The van der Waals surface area contributed by atoms with Gasteiger partial charge in [0, 0.05) is 48.3 Å². The summed E-state index contributed by atoms with van der Waals surface area (Å²) in [6.07, 6.45) is 8.74. The van der Waals surface area contributed by atoms with E-state index in [0.717, 1.165) is 73.7 Å². The quantitative estimate of drug-likeness (QED) is 0.210. The monoisotopic (exact) mass is 542 g/mol. The molecular formula is C32H38N4O4. The van der Waals surface area contributed by atoms with Crippen LogP contribution >= 0.6 is 0 Å². The summed E-state index contributed by atoms with van der Waals surface area (Å²) >= 11 is 0. The van der Waals surface area contributed by atoms with Gasteiger partial charge in [-0.3, -0.25) is 0 Å². The lowest BCUT2D eigenvalue weighted by Gasteiger charge is -2.28. The Labute approximate surface area is 235 Å². The molecule has 0 unspecified atom stereocenters. The van der Waals surface area contributed by atoms with Gasteiger partial charge in [0.15, 0.2) is 0 Å². The molecule has 2 saturated heterocycles. The molecule has 8 nitrogen and oxygen atoms in total. The zero-order valence-corrected chi connectivity index (χ0v) is 23.9. The number of carbonyl (C=O) groups excluding carboxylic acids is 2. The number of esters is 2. The molecule has 2 aromatic carbocycles. The molecular weight excluding hydrogens is 504 g/mol. The number of nitrogens with zero attached hydrogens (tertiary/aromatic N) is 4. The maximum atomic E-state index is 12.8. The highest BCUT2D eigenvalue weighted by molar-refractivity contribution is 6.31. The van der Waals surface area contributed by atoms with Crippen molar-refractivity contribution < 1.29 is 19.1 Å². The van der Waals surface area contributed by atoms with E-state index in [9.17, 15) is 9.59 Å². The Morgan fingerprint density at radius 3 is 1.38 bits per heavy atom. The molecule has 0 bridgehead atoms. The second-order valence-electron chi connectivity index (χ2n) is 11.7. The number of aryl methyl sites for hydroxylation is 2. The molecule has 0 radical (unpaired) electrons. The number of hydrogen-bond acceptors (Lipinski definition) is 6. The minimum Gasteiger partial charge on any atom is -0.418 e. The van der Waals surface area contributed by atoms with Crippen molar-refractivity contribution in [3.63, 3.8) is 0 Å². The van der Waals surface area contributed by atoms with Gasteiger partial charge >= 0.3 is 11.9 Å². The zero-order chi connectivity index (χ0) is 28.0. The van der Waals surface area contributed by atoms with Crippen LogP contribution in [0.1, 0.15) is 48.6 Å². The smallest absolute Gasteiger partial charge is 0.418 e. The lowest BCUT2D eigenvalue weighted by Crippen LogP contribution is -2.29. The van der Waals surface area contributed by atoms with E-state index in [2.05, 4.69) is 45.4 Å². The molecule has 0 saturated carbocycles. The molecule has 0 spiro atoms. The summed E-state index contributed by atoms with van der Waals surface area (Å²) in [6.45, 7) is 4.26. The van der Waals surface area contributed by atoms with Crippen LogP contribution in [0, 0.1) is 0 Å². The van der Waals surface area contributed by atoms with Crippen LogP contribution in [0.4, 0.5) is 0 Å². The van der Waals surface area contributed by atoms with Crippen LogP contribution in [0.15, 0.2) is 48.8 Å². The Hall–Kier alpha value is -3.62. The largest absolute Gasteiger partial charge is 0.423 e. The van der Waals surface area contributed by atoms with Crippen molar-refractivity contribution >= 4 is 33.7 Å². The Morgan fingerprint density at radius 2 is 1.00 bits per heavy atom. The first-order valence-electron chi connectivity index (χ1n) is 14.3. The summed E-state index contributed by atoms with van der Waals surface area (Å²) in [4.78, 5) is 30.3. The number of hydrogen-bond donors (Lipinski definition) is 0. The number of aromatic nitrogens is 2. The van der Waals surface area contributed by atoms with Crippen LogP contribution in [-0.2, 0) is 23.7 Å². The Bertz CT molecular complexity index is 1450. The van der Waals surface area contributed by atoms with E-state index in [1.807, 2.05) is 38.4 Å². The van der Waals surface area contributed by atoms with Crippen molar-refractivity contribution in [3.05, 3.63) is 59.9 Å². The third-order valence-corrected chi connectivity index (χ3v) is 8.89. The number of piperidine rings is 2. The Balaban J connectivity index is 1.18. The molecule has 4 aromatic rings. The standard InChI is InChI=1S/C32H38N4O4/c1-33-13-9-21(10-14-33)27-19-35(3)29-7-5-23(17-25(27)29)39-31(37)32(38)40-24-6-8-30-26(18-24)28(20-36(30)4)22-11-15-34(2)16-12-22/h5-8,17-22H,9-16H2,1-4H3. The fraction of sp³-hybridized carbons (Fsp3) is 0.438. The maximum absolute atomic E-state index is 12.8. The van der Waals surface area contributed by atoms with Gasteiger partial charge in [-0.2, -0.15) is 0 Å². The van der Waals surface area contributed by atoms with Crippen LogP contribution < -0.4 is 9.47 Å². The molecule has 6 rings (SSSR count). The number of fused-ring (bicyclic) bond motifs is 2. The van der Waals surface area contributed by atoms with E-state index in [0.29, 0.717) is 23.3 Å².